The molecular formula is C19H32N2. The van der Waals surface area contributed by atoms with Crippen molar-refractivity contribution in [1.29, 1.82) is 0 Å². The van der Waals surface area contributed by atoms with Gasteiger partial charge in [-0.05, 0) is 71.9 Å². The average Bonchev–Trinajstić information content (AvgIpc) is 2.34. The van der Waals surface area contributed by atoms with Crippen molar-refractivity contribution in [1.82, 2.24) is 4.90 Å². The van der Waals surface area contributed by atoms with Gasteiger partial charge in [0.05, 0.1) is 0 Å². The van der Waals surface area contributed by atoms with Gasteiger partial charge in [0.25, 0.3) is 0 Å². The number of hydrogen-bond acceptors (Lipinski definition) is 2. The van der Waals surface area contributed by atoms with Crippen LogP contribution in [0.2, 0.25) is 0 Å². The zero-order valence-electron chi connectivity index (χ0n) is 14.7. The Morgan fingerprint density at radius 2 is 1.52 bits per heavy atom. The van der Waals surface area contributed by atoms with Crippen LogP contribution in [0.25, 0.3) is 0 Å². The van der Waals surface area contributed by atoms with Gasteiger partial charge in [0.2, 0.25) is 0 Å². The Bertz CT molecular complexity index is 452. The number of anilines is 1. The first-order chi connectivity index (χ1) is 9.74. The van der Waals surface area contributed by atoms with Gasteiger partial charge in [-0.2, -0.15) is 0 Å². The molecule has 0 atom stereocenters. The molecule has 118 valence electrons. The molecule has 2 heteroatoms. The van der Waals surface area contributed by atoms with Crippen molar-refractivity contribution in [2.45, 2.75) is 71.9 Å². The zero-order valence-corrected chi connectivity index (χ0v) is 14.7. The number of nitrogens with one attached hydrogen (secondary N) is 1. The van der Waals surface area contributed by atoms with Crippen LogP contribution in [0.3, 0.4) is 0 Å². The predicted molar refractivity (Wildman–Crippen MR) is 93.1 cm³/mol. The van der Waals surface area contributed by atoms with Gasteiger partial charge in [0.15, 0.2) is 0 Å². The molecule has 1 aromatic rings. The molecule has 1 aliphatic rings. The van der Waals surface area contributed by atoms with Gasteiger partial charge in [-0.3, -0.25) is 4.90 Å². The number of likely N-dealkylation sites (tertiary alicyclic amines) is 1. The van der Waals surface area contributed by atoms with E-state index >= 15 is 0 Å². The molecule has 1 fully saturated rings. The molecule has 2 nitrogen and oxygen atoms in total. The van der Waals surface area contributed by atoms with E-state index < -0.39 is 0 Å². The van der Waals surface area contributed by atoms with Crippen molar-refractivity contribution in [2.75, 3.05) is 18.4 Å². The summed E-state index contributed by atoms with van der Waals surface area (Å²) in [5.74, 6) is 0. The van der Waals surface area contributed by atoms with Crippen molar-refractivity contribution in [3.05, 3.63) is 29.3 Å². The fraction of sp³-hybridized carbons (Fsp3) is 0.684. The van der Waals surface area contributed by atoms with E-state index in [0.29, 0.717) is 11.1 Å². The average molecular weight is 288 g/mol. The molecule has 0 radical (unpaired) electrons. The van der Waals surface area contributed by atoms with Crippen molar-refractivity contribution in [3.63, 3.8) is 0 Å². The second kappa shape index (κ2) is 6.00. The monoisotopic (exact) mass is 288 g/mol. The van der Waals surface area contributed by atoms with Crippen LogP contribution >= 0.6 is 0 Å². The maximum Gasteiger partial charge on any atom is 0.0400 e. The molecule has 1 aromatic carbocycles. The number of para-hydroxylation sites is 1. The molecule has 0 unspecified atom stereocenters. The molecule has 1 N–H and O–H groups in total. The van der Waals surface area contributed by atoms with E-state index in [4.69, 9.17) is 0 Å². The summed E-state index contributed by atoms with van der Waals surface area (Å²) < 4.78 is 0. The highest BCUT2D eigenvalue weighted by atomic mass is 15.3. The zero-order chi connectivity index (χ0) is 15.7. The van der Waals surface area contributed by atoms with Crippen LogP contribution in [0.5, 0.6) is 0 Å². The van der Waals surface area contributed by atoms with Crippen LogP contribution in [0.1, 0.15) is 58.1 Å². The minimum Gasteiger partial charge on any atom is -0.383 e. The maximum atomic E-state index is 3.66. The third-order valence-corrected chi connectivity index (χ3v) is 5.16. The summed E-state index contributed by atoms with van der Waals surface area (Å²) in [6, 6.07) is 6.50. The van der Waals surface area contributed by atoms with Gasteiger partial charge < -0.3 is 5.32 Å². The minimum atomic E-state index is 0.310. The minimum absolute atomic E-state index is 0.310. The number of piperidine rings is 1. The van der Waals surface area contributed by atoms with E-state index in [1.807, 2.05) is 0 Å². The predicted octanol–water partition coefficient (Wildman–Crippen LogP) is 4.76. The van der Waals surface area contributed by atoms with E-state index in [1.54, 1.807) is 0 Å². The number of hydrogen-bond donors (Lipinski definition) is 1. The molecule has 0 aliphatic carbocycles. The third kappa shape index (κ3) is 3.60. The van der Waals surface area contributed by atoms with Crippen LogP contribution in [0.15, 0.2) is 18.2 Å². The van der Waals surface area contributed by atoms with Crippen molar-refractivity contribution < 1.29 is 0 Å². The summed E-state index contributed by atoms with van der Waals surface area (Å²) in [6.45, 7) is 16.1. The van der Waals surface area contributed by atoms with Crippen molar-refractivity contribution in [3.8, 4) is 0 Å². The van der Waals surface area contributed by atoms with Crippen molar-refractivity contribution >= 4 is 5.69 Å². The maximum absolute atomic E-state index is 3.66. The van der Waals surface area contributed by atoms with Gasteiger partial charge in [-0.15, -0.1) is 0 Å². The van der Waals surface area contributed by atoms with E-state index in [2.05, 4.69) is 70.0 Å². The Kier molecular flexibility index (Phi) is 4.67. The highest BCUT2D eigenvalue weighted by Crippen LogP contribution is 2.37. The second-order valence-electron chi connectivity index (χ2n) is 7.82. The van der Waals surface area contributed by atoms with Crippen molar-refractivity contribution in [2.24, 2.45) is 0 Å². The van der Waals surface area contributed by atoms with E-state index in [-0.39, 0.29) is 0 Å². The lowest BCUT2D eigenvalue weighted by atomic mass is 9.80. The summed E-state index contributed by atoms with van der Waals surface area (Å²) in [5, 5.41) is 3.66. The summed E-state index contributed by atoms with van der Waals surface area (Å²) in [5.41, 5.74) is 4.61. The molecule has 0 spiro atoms. The fourth-order valence-corrected chi connectivity index (χ4v) is 4.03. The molecule has 1 heterocycles. The van der Waals surface area contributed by atoms with Gasteiger partial charge in [-0.1, -0.05) is 18.2 Å². The lowest BCUT2D eigenvalue weighted by Crippen LogP contribution is -2.59. The Labute approximate surface area is 130 Å². The topological polar surface area (TPSA) is 15.3 Å². The second-order valence-corrected chi connectivity index (χ2v) is 7.82. The van der Waals surface area contributed by atoms with Gasteiger partial charge in [0.1, 0.15) is 0 Å². The van der Waals surface area contributed by atoms with Crippen LogP contribution in [0.4, 0.5) is 5.69 Å². The molecule has 1 saturated heterocycles. The number of rotatable bonds is 4. The number of benzene rings is 1. The summed E-state index contributed by atoms with van der Waals surface area (Å²) in [6.07, 6.45) is 3.96. The molecular weight excluding hydrogens is 256 g/mol. The quantitative estimate of drug-likeness (QED) is 0.859. The normalized spacial score (nSPS) is 21.2. The lowest BCUT2D eigenvalue weighted by molar-refractivity contribution is -0.0229. The van der Waals surface area contributed by atoms with Crippen LogP contribution in [-0.2, 0) is 0 Å². The summed E-state index contributed by atoms with van der Waals surface area (Å²) >= 11 is 0. The SMILES string of the molecule is Cc1cccc(C)c1NCCN1C(C)(C)CCCC1(C)C. The first-order valence-electron chi connectivity index (χ1n) is 8.32. The molecule has 0 bridgehead atoms. The molecule has 0 saturated carbocycles. The Hall–Kier alpha value is -1.02. The Balaban J connectivity index is 2.02. The van der Waals surface area contributed by atoms with E-state index in [0.717, 1.165) is 13.1 Å². The third-order valence-electron chi connectivity index (χ3n) is 5.16. The fourth-order valence-electron chi connectivity index (χ4n) is 4.03. The Morgan fingerprint density at radius 3 is 2.05 bits per heavy atom. The lowest BCUT2D eigenvalue weighted by Gasteiger charge is -2.53. The largest absolute Gasteiger partial charge is 0.383 e. The number of nitrogens with zero attached hydrogens (tertiary/aromatic N) is 1. The molecule has 1 aliphatic heterocycles. The van der Waals surface area contributed by atoms with E-state index in [9.17, 15) is 0 Å². The summed E-state index contributed by atoms with van der Waals surface area (Å²) in [7, 11) is 0. The van der Waals surface area contributed by atoms with Gasteiger partial charge >= 0.3 is 0 Å². The van der Waals surface area contributed by atoms with Gasteiger partial charge in [0, 0.05) is 29.9 Å². The van der Waals surface area contributed by atoms with Gasteiger partial charge in [-0.25, -0.2) is 0 Å². The molecule has 2 rings (SSSR count). The first kappa shape index (κ1) is 16.4. The highest BCUT2D eigenvalue weighted by molar-refractivity contribution is 5.56. The van der Waals surface area contributed by atoms with E-state index in [1.165, 1.54) is 36.1 Å². The van der Waals surface area contributed by atoms with Crippen LogP contribution in [-0.4, -0.2) is 29.1 Å². The molecule has 0 amide bonds. The number of aryl methyl sites for hydroxylation is 2. The van der Waals surface area contributed by atoms with Crippen LogP contribution < -0.4 is 5.32 Å². The Morgan fingerprint density at radius 1 is 1.00 bits per heavy atom. The molecule has 21 heavy (non-hydrogen) atoms. The molecule has 0 aromatic heterocycles. The smallest absolute Gasteiger partial charge is 0.0400 e. The highest BCUT2D eigenvalue weighted by Gasteiger charge is 2.40. The first-order valence-corrected chi connectivity index (χ1v) is 8.32. The summed E-state index contributed by atoms with van der Waals surface area (Å²) in [4.78, 5) is 2.70. The standard InChI is InChI=1S/C19H32N2/c1-15-9-7-10-16(2)17(15)20-13-14-21-18(3,4)11-8-12-19(21,5)6/h7,9-10,20H,8,11-14H2,1-6H3. The van der Waals surface area contributed by atoms with Crippen LogP contribution in [0, 0.1) is 13.8 Å².